The molecule has 0 atom stereocenters. The van der Waals surface area contributed by atoms with E-state index >= 15 is 0 Å². The highest BCUT2D eigenvalue weighted by molar-refractivity contribution is 7.89. The van der Waals surface area contributed by atoms with Crippen molar-refractivity contribution in [1.29, 1.82) is 0 Å². The summed E-state index contributed by atoms with van der Waals surface area (Å²) in [5.74, 6) is -0.182. The Labute approximate surface area is 234 Å². The van der Waals surface area contributed by atoms with Gasteiger partial charge in [0.15, 0.2) is 5.13 Å². The molecule has 0 unspecified atom stereocenters. The summed E-state index contributed by atoms with van der Waals surface area (Å²) in [6.07, 6.45) is 1.48. The molecule has 1 amide bonds. The van der Waals surface area contributed by atoms with Crippen LogP contribution in [0.1, 0.15) is 39.0 Å². The van der Waals surface area contributed by atoms with Crippen LogP contribution in [-0.4, -0.2) is 62.2 Å². The van der Waals surface area contributed by atoms with Crippen molar-refractivity contribution in [3.8, 4) is 0 Å². The van der Waals surface area contributed by atoms with Crippen LogP contribution in [0, 0.1) is 13.8 Å². The van der Waals surface area contributed by atoms with Crippen molar-refractivity contribution in [3.63, 3.8) is 0 Å². The number of benzene rings is 3. The van der Waals surface area contributed by atoms with E-state index in [1.807, 2.05) is 39.2 Å². The van der Waals surface area contributed by atoms with Crippen molar-refractivity contribution in [2.45, 2.75) is 38.1 Å². The molecule has 5 rings (SSSR count). The molecule has 9 heteroatoms. The molecule has 0 spiro atoms. The fourth-order valence-electron chi connectivity index (χ4n) is 5.05. The van der Waals surface area contributed by atoms with Gasteiger partial charge in [0, 0.05) is 25.2 Å². The highest BCUT2D eigenvalue weighted by atomic mass is 32.2. The predicted molar refractivity (Wildman–Crippen MR) is 158 cm³/mol. The van der Waals surface area contributed by atoms with Crippen LogP contribution in [-0.2, 0) is 23.0 Å². The highest BCUT2D eigenvalue weighted by Gasteiger charge is 2.29. The number of carbonyl (C=O) groups is 1. The lowest BCUT2D eigenvalue weighted by Gasteiger charge is -2.28. The maximum absolute atomic E-state index is 13.8. The molecule has 3 aromatic carbocycles. The molecule has 4 aromatic rings. The van der Waals surface area contributed by atoms with Gasteiger partial charge >= 0.3 is 0 Å². The largest absolute Gasteiger partial charge is 0.309 e. The Balaban J connectivity index is 1.40. The molecule has 1 aliphatic heterocycles. The van der Waals surface area contributed by atoms with Gasteiger partial charge in [0.1, 0.15) is 0 Å². The number of hydrogen-bond donors (Lipinski definition) is 0. The maximum atomic E-state index is 13.8. The SMILES string of the molecule is Cc1cc(C)c2nc(N(CCCN(C)C)C(=O)c3ccc(S(=O)(=O)N4CCc5ccccc5C4)cc3)sc2c1. The molecular formula is C30H34N4O3S2. The van der Waals surface area contributed by atoms with Gasteiger partial charge in [-0.15, -0.1) is 0 Å². The molecule has 0 saturated heterocycles. The van der Waals surface area contributed by atoms with Crippen LogP contribution in [0.5, 0.6) is 0 Å². The van der Waals surface area contributed by atoms with Gasteiger partial charge in [-0.2, -0.15) is 4.31 Å². The number of carbonyl (C=O) groups excluding carboxylic acids is 1. The number of thiazole rings is 1. The number of aromatic nitrogens is 1. The lowest BCUT2D eigenvalue weighted by molar-refractivity contribution is 0.0986. The van der Waals surface area contributed by atoms with Crippen molar-refractivity contribution in [1.82, 2.24) is 14.2 Å². The second-order valence-electron chi connectivity index (χ2n) is 10.4. The molecule has 0 radical (unpaired) electrons. The van der Waals surface area contributed by atoms with Gasteiger partial charge in [-0.05, 0) is 99.9 Å². The van der Waals surface area contributed by atoms with Crippen LogP contribution in [0.15, 0.2) is 65.6 Å². The van der Waals surface area contributed by atoms with Crippen LogP contribution >= 0.6 is 11.3 Å². The van der Waals surface area contributed by atoms with Crippen LogP contribution in [0.25, 0.3) is 10.2 Å². The number of anilines is 1. The number of nitrogens with zero attached hydrogens (tertiary/aromatic N) is 4. The minimum absolute atomic E-state index is 0.182. The van der Waals surface area contributed by atoms with E-state index in [1.54, 1.807) is 29.2 Å². The number of fused-ring (bicyclic) bond motifs is 2. The first-order chi connectivity index (χ1) is 18.6. The second kappa shape index (κ2) is 11.2. The molecule has 0 N–H and O–H groups in total. The second-order valence-corrected chi connectivity index (χ2v) is 13.4. The Morgan fingerprint density at radius 3 is 2.44 bits per heavy atom. The Morgan fingerprint density at radius 2 is 1.72 bits per heavy atom. The Kier molecular flexibility index (Phi) is 7.87. The number of rotatable bonds is 8. The maximum Gasteiger partial charge on any atom is 0.260 e. The van der Waals surface area contributed by atoms with Crippen molar-refractivity contribution < 1.29 is 13.2 Å². The van der Waals surface area contributed by atoms with Crippen molar-refractivity contribution in [2.24, 2.45) is 0 Å². The predicted octanol–water partition coefficient (Wildman–Crippen LogP) is 5.26. The number of amides is 1. The summed E-state index contributed by atoms with van der Waals surface area (Å²) in [5, 5.41) is 0.658. The molecule has 0 aliphatic carbocycles. The summed E-state index contributed by atoms with van der Waals surface area (Å²) in [7, 11) is 0.343. The third-order valence-corrected chi connectivity index (χ3v) is 10.0. The van der Waals surface area contributed by atoms with Crippen LogP contribution in [0.2, 0.25) is 0 Å². The molecule has 1 aliphatic rings. The van der Waals surface area contributed by atoms with Crippen LogP contribution in [0.4, 0.5) is 5.13 Å². The minimum atomic E-state index is -3.68. The van der Waals surface area contributed by atoms with Gasteiger partial charge in [-0.1, -0.05) is 41.7 Å². The number of hydrogen-bond acceptors (Lipinski definition) is 6. The molecule has 39 heavy (non-hydrogen) atoms. The van der Waals surface area contributed by atoms with Crippen molar-refractivity contribution in [2.75, 3.05) is 38.6 Å². The summed E-state index contributed by atoms with van der Waals surface area (Å²) in [5.41, 5.74) is 5.83. The molecule has 1 aromatic heterocycles. The summed E-state index contributed by atoms with van der Waals surface area (Å²) in [4.78, 5) is 22.6. The van der Waals surface area contributed by atoms with Crippen molar-refractivity contribution in [3.05, 3.63) is 88.5 Å². The van der Waals surface area contributed by atoms with E-state index < -0.39 is 10.0 Å². The monoisotopic (exact) mass is 562 g/mol. The normalized spacial score (nSPS) is 14.1. The Hall–Kier alpha value is -3.11. The first kappa shape index (κ1) is 27.5. The third kappa shape index (κ3) is 5.77. The first-order valence-corrected chi connectivity index (χ1v) is 15.4. The minimum Gasteiger partial charge on any atom is -0.309 e. The summed E-state index contributed by atoms with van der Waals surface area (Å²) < 4.78 is 29.4. The molecule has 2 heterocycles. The van der Waals surface area contributed by atoms with E-state index in [9.17, 15) is 13.2 Å². The highest BCUT2D eigenvalue weighted by Crippen LogP contribution is 2.33. The zero-order valence-corrected chi connectivity index (χ0v) is 24.5. The quantitative estimate of drug-likeness (QED) is 0.293. The van der Waals surface area contributed by atoms with E-state index in [0.29, 0.717) is 36.8 Å². The van der Waals surface area contributed by atoms with Gasteiger partial charge in [-0.25, -0.2) is 13.4 Å². The zero-order valence-electron chi connectivity index (χ0n) is 22.8. The molecular weight excluding hydrogens is 528 g/mol. The van der Waals surface area contributed by atoms with Gasteiger partial charge in [-0.3, -0.25) is 9.69 Å². The molecule has 204 valence electrons. The summed E-state index contributed by atoms with van der Waals surface area (Å²) in [6.45, 7) is 6.25. The average Bonchev–Trinajstić information content (AvgIpc) is 3.34. The third-order valence-electron chi connectivity index (χ3n) is 7.12. The zero-order chi connectivity index (χ0) is 27.7. The smallest absolute Gasteiger partial charge is 0.260 e. The van der Waals surface area contributed by atoms with E-state index in [1.165, 1.54) is 21.2 Å². The topological polar surface area (TPSA) is 73.8 Å². The Morgan fingerprint density at radius 1 is 1.00 bits per heavy atom. The molecule has 0 saturated carbocycles. The van der Waals surface area contributed by atoms with Gasteiger partial charge in [0.05, 0.1) is 15.1 Å². The van der Waals surface area contributed by atoms with Gasteiger partial charge in [0.25, 0.3) is 5.91 Å². The van der Waals surface area contributed by atoms with E-state index in [4.69, 9.17) is 4.98 Å². The van der Waals surface area contributed by atoms with Gasteiger partial charge < -0.3 is 4.90 Å². The molecule has 0 bridgehead atoms. The van der Waals surface area contributed by atoms with E-state index in [2.05, 4.69) is 30.0 Å². The number of aryl methyl sites for hydroxylation is 2. The van der Waals surface area contributed by atoms with Gasteiger partial charge in [0.2, 0.25) is 10.0 Å². The van der Waals surface area contributed by atoms with Crippen molar-refractivity contribution >= 4 is 42.6 Å². The summed E-state index contributed by atoms with van der Waals surface area (Å²) in [6, 6.07) is 18.5. The van der Waals surface area contributed by atoms with Crippen LogP contribution in [0.3, 0.4) is 0 Å². The Bertz CT molecular complexity index is 1610. The lowest BCUT2D eigenvalue weighted by Crippen LogP contribution is -2.36. The summed E-state index contributed by atoms with van der Waals surface area (Å²) >= 11 is 1.51. The fraction of sp³-hybridized carbons (Fsp3) is 0.333. The molecule has 0 fully saturated rings. The fourth-order valence-corrected chi connectivity index (χ4v) is 7.64. The van der Waals surface area contributed by atoms with E-state index in [-0.39, 0.29) is 10.8 Å². The van der Waals surface area contributed by atoms with Crippen LogP contribution < -0.4 is 4.90 Å². The standard InChI is InChI=1S/C30H34N4O3S2/c1-21-18-22(2)28-27(19-21)38-30(31-28)34(16-7-15-32(3)4)29(35)24-10-12-26(13-11-24)39(36,37)33-17-14-23-8-5-6-9-25(23)20-33/h5-6,8-13,18-19H,7,14-17,20H2,1-4H3. The number of sulfonamides is 1. The van der Waals surface area contributed by atoms with E-state index in [0.717, 1.165) is 39.9 Å². The molecule has 7 nitrogen and oxygen atoms in total. The average molecular weight is 563 g/mol. The lowest BCUT2D eigenvalue weighted by atomic mass is 10.0. The first-order valence-electron chi connectivity index (χ1n) is 13.1.